The van der Waals surface area contributed by atoms with E-state index in [1.807, 2.05) is 78.9 Å². The van der Waals surface area contributed by atoms with E-state index in [-0.39, 0.29) is 50.1 Å². The van der Waals surface area contributed by atoms with Gasteiger partial charge in [0.1, 0.15) is 11.2 Å². The average molecular weight is 721 g/mol. The van der Waals surface area contributed by atoms with E-state index in [9.17, 15) is 6.85 Å². The summed E-state index contributed by atoms with van der Waals surface area (Å²) in [6.07, 6.45) is -2.39. The van der Waals surface area contributed by atoms with Crippen molar-refractivity contribution in [2.75, 3.05) is 0 Å². The van der Waals surface area contributed by atoms with E-state index in [1.54, 1.807) is 18.2 Å². The lowest BCUT2D eigenvalue weighted by Gasteiger charge is -2.18. The van der Waals surface area contributed by atoms with Crippen LogP contribution in [0.2, 0.25) is 0 Å². The molecule has 4 nitrogen and oxygen atoms in total. The largest absolute Gasteiger partial charge is 0.456 e. The van der Waals surface area contributed by atoms with Crippen molar-refractivity contribution in [3.8, 4) is 33.9 Å². The Morgan fingerprint density at radius 3 is 2.38 bits per heavy atom. The number of hydrogen-bond donors (Lipinski definition) is 0. The van der Waals surface area contributed by atoms with E-state index in [1.165, 1.54) is 0 Å². The van der Waals surface area contributed by atoms with E-state index in [4.69, 9.17) is 33.1 Å². The number of fused-ring (bicyclic) bond motifs is 9. The first-order valence-electron chi connectivity index (χ1n) is 25.1. The van der Waals surface area contributed by atoms with Crippen LogP contribution in [0.25, 0.3) is 95.1 Å². The summed E-state index contributed by atoms with van der Waals surface area (Å²) >= 11 is 0. The zero-order chi connectivity index (χ0) is 49.6. The van der Waals surface area contributed by atoms with Gasteiger partial charge in [-0.25, -0.2) is 15.0 Å². The number of para-hydroxylation sites is 1. The quantitative estimate of drug-likeness (QED) is 0.121. The van der Waals surface area contributed by atoms with E-state index in [0.717, 1.165) is 22.6 Å². The minimum atomic E-state index is -1.67. The molecule has 0 saturated heterocycles. The highest BCUT2D eigenvalue weighted by atomic mass is 16.3. The number of benzene rings is 7. The fourth-order valence-corrected chi connectivity index (χ4v) is 6.84. The van der Waals surface area contributed by atoms with Gasteiger partial charge in [0.05, 0.1) is 17.8 Å². The number of furan rings is 1. The molecular weight excluding hydrogens is 671 g/mol. The molecule has 2 aromatic heterocycles. The van der Waals surface area contributed by atoms with Gasteiger partial charge in [-0.1, -0.05) is 164 Å². The molecule has 0 aliphatic heterocycles. The summed E-state index contributed by atoms with van der Waals surface area (Å²) < 4.78 is 140. The highest BCUT2D eigenvalue weighted by Crippen LogP contribution is 2.38. The molecule has 1 aliphatic rings. The maximum absolute atomic E-state index is 9.55. The van der Waals surface area contributed by atoms with Crippen LogP contribution in [0.4, 0.5) is 0 Å². The third-order valence-electron chi connectivity index (χ3n) is 9.40. The van der Waals surface area contributed by atoms with Gasteiger partial charge in [-0.05, 0) is 80.3 Å². The van der Waals surface area contributed by atoms with Crippen LogP contribution < -0.4 is 0 Å². The van der Waals surface area contributed by atoms with Gasteiger partial charge in [0.25, 0.3) is 0 Å². The van der Waals surface area contributed by atoms with E-state index < -0.39 is 96.5 Å². The first kappa shape index (κ1) is 20.3. The molecule has 10 rings (SSSR count). The van der Waals surface area contributed by atoms with Crippen molar-refractivity contribution in [3.05, 3.63) is 193 Å². The molecule has 0 saturated carbocycles. The maximum Gasteiger partial charge on any atom is 0.164 e. The number of aromatic nitrogens is 3. The molecule has 9 aromatic rings. The number of hydrogen-bond acceptors (Lipinski definition) is 4. The predicted octanol–water partition coefficient (Wildman–Crippen LogP) is 13.3. The van der Waals surface area contributed by atoms with E-state index >= 15 is 0 Å². The number of nitrogens with zero attached hydrogens (tertiary/aromatic N) is 3. The zero-order valence-corrected chi connectivity index (χ0v) is 28.8. The summed E-state index contributed by atoms with van der Waals surface area (Å²) in [6, 6.07) is 22.2. The second-order valence-corrected chi connectivity index (χ2v) is 12.6. The molecule has 1 aliphatic carbocycles. The lowest BCUT2D eigenvalue weighted by molar-refractivity contribution is 0.669. The summed E-state index contributed by atoms with van der Waals surface area (Å²) in [5.41, 5.74) is 2.78. The molecule has 0 spiro atoms. The van der Waals surface area contributed by atoms with Crippen LogP contribution >= 0.6 is 0 Å². The molecule has 0 bridgehead atoms. The molecular formula is C51H35N3O. The molecule has 2 heterocycles. The van der Waals surface area contributed by atoms with E-state index in [0.29, 0.717) is 34.2 Å². The van der Waals surface area contributed by atoms with Gasteiger partial charge in [-0.2, -0.15) is 0 Å². The number of allylic oxidation sites excluding steroid dienone is 5. The summed E-state index contributed by atoms with van der Waals surface area (Å²) in [5.74, 6) is -0.0198. The summed E-state index contributed by atoms with van der Waals surface area (Å²) in [7, 11) is 0. The molecule has 0 fully saturated rings. The number of rotatable bonds is 7. The smallest absolute Gasteiger partial charge is 0.164 e. The Labute approximate surface area is 340 Å². The van der Waals surface area contributed by atoms with Crippen molar-refractivity contribution in [2.45, 2.75) is 12.8 Å². The summed E-state index contributed by atoms with van der Waals surface area (Å²) in [5, 5.41) is 0.274. The fourth-order valence-electron chi connectivity index (χ4n) is 6.84. The SMILES string of the molecule is [2H]C=C([2H])/C(=C([2H])\C([2H])=C\c1c([2H])c([2H])c2c(c1[2H])c1c(c3c([2H])c([2H])c([2H])c([2H])c32)C([2H])=C([2H])C([2H])C1[2H])c1nc(-c2ccc(-c3ccccc3)cc2)nc(-c2cccc3oc4ccccc4c23)n1. The van der Waals surface area contributed by atoms with Gasteiger partial charge in [-0.3, -0.25) is 0 Å². The van der Waals surface area contributed by atoms with Crippen LogP contribution in [-0.4, -0.2) is 15.0 Å². The van der Waals surface area contributed by atoms with Crippen LogP contribution in [0.1, 0.15) is 49.5 Å². The van der Waals surface area contributed by atoms with Crippen LogP contribution in [0, 0.1) is 0 Å². The monoisotopic (exact) mass is 720 g/mol. The van der Waals surface area contributed by atoms with Crippen molar-refractivity contribution in [1.82, 2.24) is 15.0 Å². The Kier molecular flexibility index (Phi) is 5.05. The van der Waals surface area contributed by atoms with Crippen molar-refractivity contribution in [2.24, 2.45) is 0 Å². The van der Waals surface area contributed by atoms with Crippen molar-refractivity contribution < 1.29 is 25.0 Å². The molecule has 0 radical (unpaired) electrons. The van der Waals surface area contributed by atoms with Crippen LogP contribution in [0.5, 0.6) is 0 Å². The molecule has 2 atom stereocenters. The van der Waals surface area contributed by atoms with Crippen molar-refractivity contribution in [1.29, 1.82) is 0 Å². The van der Waals surface area contributed by atoms with Gasteiger partial charge < -0.3 is 4.42 Å². The molecule has 2 unspecified atom stereocenters. The van der Waals surface area contributed by atoms with Gasteiger partial charge in [-0.15, -0.1) is 0 Å². The first-order valence-corrected chi connectivity index (χ1v) is 17.3. The highest BCUT2D eigenvalue weighted by molar-refractivity contribution is 6.14. The minimum Gasteiger partial charge on any atom is -0.456 e. The van der Waals surface area contributed by atoms with Crippen molar-refractivity contribution >= 4 is 61.2 Å². The molecule has 0 amide bonds. The first-order chi connectivity index (χ1) is 33.5. The lowest BCUT2D eigenvalue weighted by Crippen LogP contribution is -2.02. The second-order valence-electron chi connectivity index (χ2n) is 12.6. The number of aryl methyl sites for hydroxylation is 1. The van der Waals surface area contributed by atoms with Gasteiger partial charge >= 0.3 is 0 Å². The van der Waals surface area contributed by atoms with Gasteiger partial charge in [0.2, 0.25) is 0 Å². The average Bonchev–Trinajstić information content (AvgIpc) is 3.77. The lowest BCUT2D eigenvalue weighted by atomic mass is 9.86. The van der Waals surface area contributed by atoms with Gasteiger partial charge in [0.15, 0.2) is 17.5 Å². The third kappa shape index (κ3) is 5.85. The third-order valence-corrected chi connectivity index (χ3v) is 9.40. The molecule has 4 heteroatoms. The predicted molar refractivity (Wildman–Crippen MR) is 229 cm³/mol. The van der Waals surface area contributed by atoms with E-state index in [2.05, 4.69) is 0 Å². The van der Waals surface area contributed by atoms with Crippen molar-refractivity contribution in [3.63, 3.8) is 0 Å². The fraction of sp³-hybridized carbons (Fsp3) is 0.0392. The Balaban J connectivity index is 1.23. The van der Waals surface area contributed by atoms with Crippen LogP contribution in [0.15, 0.2) is 175 Å². The van der Waals surface area contributed by atoms with Gasteiger partial charge in [0, 0.05) is 30.2 Å². The second kappa shape index (κ2) is 13.7. The maximum atomic E-state index is 9.55. The molecule has 7 aromatic carbocycles. The molecule has 0 N–H and O–H groups in total. The Morgan fingerprint density at radius 1 is 0.727 bits per heavy atom. The highest BCUT2D eigenvalue weighted by Gasteiger charge is 2.18. The topological polar surface area (TPSA) is 51.8 Å². The standard InChI is InChI=1S/C51H35N3O/c1-2-34(17-12-14-33-26-31-42-40-20-7-6-18-38(40)39-19-8-9-21-41(39)45(42)32-33)49-52-50(37-29-27-36(28-30-37)35-15-4-3-5-16-35)54-51(53-49)44-23-13-25-47-48(44)43-22-10-11-24-46(43)55-47/h2-8,10-20,22-32H,1,9,21H2/b14-12+,34-17+/i1D,2D,6D,7D,8D,9D,12D,17D,18D,19D,20D,21D,26D,31D,32D/b2-1?,14-12+,34-17+. The Bertz CT molecular complexity index is 3850. The van der Waals surface area contributed by atoms with Crippen LogP contribution in [-0.2, 0) is 6.40 Å². The molecule has 55 heavy (non-hydrogen) atoms. The molecule has 260 valence electrons. The summed E-state index contributed by atoms with van der Waals surface area (Å²) in [4.78, 5) is 14.4. The Hall–Kier alpha value is -7.17. The summed E-state index contributed by atoms with van der Waals surface area (Å²) in [6.45, 7) is 0.653. The Morgan fingerprint density at radius 2 is 1.49 bits per heavy atom. The minimum absolute atomic E-state index is 0.115. The normalized spacial score (nSPS) is 20.6. The van der Waals surface area contributed by atoms with Crippen LogP contribution in [0.3, 0.4) is 0 Å². The zero-order valence-electron chi connectivity index (χ0n) is 43.8.